The number of phenolic OH excluding ortho intramolecular Hbond substituents is 2. The van der Waals surface area contributed by atoms with Crippen LogP contribution in [0, 0.1) is 0 Å². The number of nitrogens with one attached hydrogen (secondary N) is 1. The van der Waals surface area contributed by atoms with Crippen LogP contribution in [-0.2, 0) is 16.1 Å². The maximum Gasteiger partial charge on any atom is 0.220 e. The van der Waals surface area contributed by atoms with Crippen LogP contribution in [0.4, 0.5) is 0 Å². The van der Waals surface area contributed by atoms with E-state index < -0.39 is 0 Å². The lowest BCUT2D eigenvalue weighted by Gasteiger charge is -2.05. The first-order valence-electron chi connectivity index (χ1n) is 5.26. The minimum atomic E-state index is -0.222. The van der Waals surface area contributed by atoms with Crippen LogP contribution in [0.2, 0.25) is 0 Å². The summed E-state index contributed by atoms with van der Waals surface area (Å²) in [7, 11) is 0. The minimum Gasteiger partial charge on any atom is -0.504 e. The summed E-state index contributed by atoms with van der Waals surface area (Å²) in [5.41, 5.74) is 0.677. The number of rotatable bonds is 5. The van der Waals surface area contributed by atoms with Crippen molar-refractivity contribution in [2.24, 2.45) is 0 Å². The number of Topliss-reactive ketones (excluding diaryl/α,β-unsaturated/α-hetero) is 1. The molecule has 0 aliphatic heterocycles. The Balaban J connectivity index is 2.42. The summed E-state index contributed by atoms with van der Waals surface area (Å²) in [4.78, 5) is 22.0. The highest BCUT2D eigenvalue weighted by Gasteiger charge is 2.05. The van der Waals surface area contributed by atoms with E-state index in [-0.39, 0.29) is 42.6 Å². The van der Waals surface area contributed by atoms with Crippen molar-refractivity contribution in [1.29, 1.82) is 0 Å². The first kappa shape index (κ1) is 13.0. The smallest absolute Gasteiger partial charge is 0.220 e. The molecule has 5 nitrogen and oxygen atoms in total. The molecular formula is C12H15NO4. The maximum atomic E-state index is 11.3. The van der Waals surface area contributed by atoms with Gasteiger partial charge in [-0.25, -0.2) is 0 Å². The van der Waals surface area contributed by atoms with Crippen LogP contribution in [0.3, 0.4) is 0 Å². The van der Waals surface area contributed by atoms with Crippen LogP contribution >= 0.6 is 0 Å². The van der Waals surface area contributed by atoms with Crippen molar-refractivity contribution >= 4 is 11.7 Å². The number of hydrogen-bond donors (Lipinski definition) is 3. The van der Waals surface area contributed by atoms with Crippen LogP contribution in [0.1, 0.15) is 25.3 Å². The zero-order chi connectivity index (χ0) is 12.8. The zero-order valence-corrected chi connectivity index (χ0v) is 9.56. The van der Waals surface area contributed by atoms with E-state index in [0.29, 0.717) is 5.56 Å². The third-order valence-electron chi connectivity index (χ3n) is 2.23. The Morgan fingerprint density at radius 3 is 2.47 bits per heavy atom. The predicted octanol–water partition coefficient (Wildman–Crippen LogP) is 1.08. The average molecular weight is 237 g/mol. The third-order valence-corrected chi connectivity index (χ3v) is 2.23. The largest absolute Gasteiger partial charge is 0.504 e. The number of carbonyl (C=O) groups excluding carboxylic acids is 2. The highest BCUT2D eigenvalue weighted by atomic mass is 16.3. The van der Waals surface area contributed by atoms with Gasteiger partial charge >= 0.3 is 0 Å². The Morgan fingerprint density at radius 1 is 1.18 bits per heavy atom. The fourth-order valence-electron chi connectivity index (χ4n) is 1.26. The molecule has 5 heteroatoms. The van der Waals surface area contributed by atoms with E-state index in [4.69, 9.17) is 5.11 Å². The summed E-state index contributed by atoms with van der Waals surface area (Å²) in [6.45, 7) is 1.69. The molecule has 0 saturated heterocycles. The first-order chi connectivity index (χ1) is 7.99. The molecule has 1 rings (SSSR count). The summed E-state index contributed by atoms with van der Waals surface area (Å²) in [6, 6.07) is 4.33. The van der Waals surface area contributed by atoms with Crippen LogP contribution in [0.5, 0.6) is 11.5 Å². The molecule has 0 unspecified atom stereocenters. The molecule has 0 aliphatic rings. The molecule has 0 atom stereocenters. The fraction of sp³-hybridized carbons (Fsp3) is 0.333. The maximum absolute atomic E-state index is 11.3. The quantitative estimate of drug-likeness (QED) is 0.669. The molecule has 1 amide bonds. The molecule has 0 fully saturated rings. The van der Waals surface area contributed by atoms with E-state index in [1.807, 2.05) is 0 Å². The van der Waals surface area contributed by atoms with E-state index in [1.54, 1.807) is 6.07 Å². The van der Waals surface area contributed by atoms with Gasteiger partial charge in [0.05, 0.1) is 0 Å². The Morgan fingerprint density at radius 2 is 1.88 bits per heavy atom. The summed E-state index contributed by atoms with van der Waals surface area (Å²) in [5.74, 6) is -0.660. The second kappa shape index (κ2) is 5.89. The van der Waals surface area contributed by atoms with Gasteiger partial charge in [0, 0.05) is 19.4 Å². The van der Waals surface area contributed by atoms with Crippen molar-refractivity contribution < 1.29 is 19.8 Å². The lowest BCUT2D eigenvalue weighted by Crippen LogP contribution is -2.22. The zero-order valence-electron chi connectivity index (χ0n) is 9.56. The average Bonchev–Trinajstić information content (AvgIpc) is 2.28. The van der Waals surface area contributed by atoms with Gasteiger partial charge in [-0.2, -0.15) is 0 Å². The van der Waals surface area contributed by atoms with Crippen molar-refractivity contribution in [3.8, 4) is 11.5 Å². The number of amides is 1. The highest BCUT2D eigenvalue weighted by molar-refractivity contribution is 5.83. The summed E-state index contributed by atoms with van der Waals surface area (Å²) >= 11 is 0. The predicted molar refractivity (Wildman–Crippen MR) is 61.5 cm³/mol. The molecule has 17 heavy (non-hydrogen) atoms. The van der Waals surface area contributed by atoms with Crippen molar-refractivity contribution in [2.45, 2.75) is 26.3 Å². The second-order valence-corrected chi connectivity index (χ2v) is 3.80. The normalized spacial score (nSPS) is 9.94. The van der Waals surface area contributed by atoms with Gasteiger partial charge in [0.2, 0.25) is 5.91 Å². The van der Waals surface area contributed by atoms with E-state index in [9.17, 15) is 14.7 Å². The number of hydrogen-bond acceptors (Lipinski definition) is 4. The molecular weight excluding hydrogens is 222 g/mol. The number of ketones is 1. The highest BCUT2D eigenvalue weighted by Crippen LogP contribution is 2.24. The summed E-state index contributed by atoms with van der Waals surface area (Å²) in [6.07, 6.45) is 0.395. The monoisotopic (exact) mass is 237 g/mol. The van der Waals surface area contributed by atoms with Gasteiger partial charge in [-0.15, -0.1) is 0 Å². The number of carbonyl (C=O) groups is 2. The van der Waals surface area contributed by atoms with Crippen LogP contribution in [0.25, 0.3) is 0 Å². The summed E-state index contributed by atoms with van der Waals surface area (Å²) in [5, 5.41) is 20.9. The molecule has 0 spiro atoms. The third kappa shape index (κ3) is 4.55. The van der Waals surface area contributed by atoms with Crippen molar-refractivity contribution in [3.05, 3.63) is 23.8 Å². The van der Waals surface area contributed by atoms with Gasteiger partial charge in [0.15, 0.2) is 11.5 Å². The van der Waals surface area contributed by atoms with Crippen LogP contribution < -0.4 is 5.32 Å². The van der Waals surface area contributed by atoms with E-state index in [0.717, 1.165) is 0 Å². The van der Waals surface area contributed by atoms with Gasteiger partial charge in [0.1, 0.15) is 5.78 Å². The molecule has 0 bridgehead atoms. The molecule has 0 heterocycles. The molecule has 0 aromatic heterocycles. The Labute approximate surface area is 99.1 Å². The molecule has 1 aromatic rings. The molecule has 92 valence electrons. The SMILES string of the molecule is CC(=O)CCC(=O)NCc1ccc(O)c(O)c1. The minimum absolute atomic E-state index is 0.0255. The first-order valence-corrected chi connectivity index (χ1v) is 5.26. The number of phenols is 2. The van der Waals surface area contributed by atoms with Crippen LogP contribution in [0.15, 0.2) is 18.2 Å². The molecule has 0 radical (unpaired) electrons. The standard InChI is InChI=1S/C12H15NO4/c1-8(14)2-5-12(17)13-7-9-3-4-10(15)11(16)6-9/h3-4,6,15-16H,2,5,7H2,1H3,(H,13,17). The van der Waals surface area contributed by atoms with Gasteiger partial charge in [-0.3, -0.25) is 4.79 Å². The Kier molecular flexibility index (Phi) is 4.51. The molecule has 0 aliphatic carbocycles. The van der Waals surface area contributed by atoms with Gasteiger partial charge in [-0.1, -0.05) is 6.07 Å². The summed E-state index contributed by atoms with van der Waals surface area (Å²) < 4.78 is 0. The van der Waals surface area contributed by atoms with Crippen LogP contribution in [-0.4, -0.2) is 21.9 Å². The fourth-order valence-corrected chi connectivity index (χ4v) is 1.26. The Hall–Kier alpha value is -2.04. The van der Waals surface area contributed by atoms with Crippen molar-refractivity contribution in [1.82, 2.24) is 5.32 Å². The molecule has 1 aromatic carbocycles. The topological polar surface area (TPSA) is 86.6 Å². The van der Waals surface area contributed by atoms with Gasteiger partial charge in [-0.05, 0) is 24.6 Å². The molecule has 3 N–H and O–H groups in total. The van der Waals surface area contributed by atoms with E-state index in [2.05, 4.69) is 5.32 Å². The number of benzene rings is 1. The number of aromatic hydroxyl groups is 2. The Bertz CT molecular complexity index is 429. The van der Waals surface area contributed by atoms with E-state index >= 15 is 0 Å². The van der Waals surface area contributed by atoms with Crippen molar-refractivity contribution in [3.63, 3.8) is 0 Å². The second-order valence-electron chi connectivity index (χ2n) is 3.80. The van der Waals surface area contributed by atoms with Crippen molar-refractivity contribution in [2.75, 3.05) is 0 Å². The van der Waals surface area contributed by atoms with E-state index in [1.165, 1.54) is 19.1 Å². The van der Waals surface area contributed by atoms with Gasteiger partial charge < -0.3 is 20.3 Å². The van der Waals surface area contributed by atoms with Gasteiger partial charge in [0.25, 0.3) is 0 Å². The molecule has 0 saturated carbocycles. The lowest BCUT2D eigenvalue weighted by atomic mass is 10.2. The lowest BCUT2D eigenvalue weighted by molar-refractivity contribution is -0.124.